The Kier molecular flexibility index (Phi) is 9.16. The van der Waals surface area contributed by atoms with Crippen LogP contribution < -0.4 is 5.32 Å². The normalized spacial score (nSPS) is 12.8. The summed E-state index contributed by atoms with van der Waals surface area (Å²) < 4.78 is 1.16. The van der Waals surface area contributed by atoms with Crippen LogP contribution in [0, 0.1) is 0 Å². The molecule has 0 spiro atoms. The predicted molar refractivity (Wildman–Crippen MR) is 92.2 cm³/mol. The fourth-order valence-electron chi connectivity index (χ4n) is 2.64. The highest BCUT2D eigenvalue weighted by Crippen LogP contribution is 2.21. The van der Waals surface area contributed by atoms with Crippen LogP contribution in [0.25, 0.3) is 0 Å². The number of benzene rings is 1. The summed E-state index contributed by atoms with van der Waals surface area (Å²) in [6.45, 7) is 11.3. The van der Waals surface area contributed by atoms with E-state index < -0.39 is 0 Å². The minimum Gasteiger partial charge on any atom is -0.310 e. The first-order valence-corrected chi connectivity index (χ1v) is 8.71. The summed E-state index contributed by atoms with van der Waals surface area (Å²) >= 11 is 3.57. The van der Waals surface area contributed by atoms with Crippen LogP contribution in [0.4, 0.5) is 0 Å². The molecule has 114 valence electrons. The molecule has 0 aliphatic heterocycles. The second kappa shape index (κ2) is 10.4. The molecule has 0 aliphatic rings. The van der Waals surface area contributed by atoms with E-state index in [0.717, 1.165) is 11.0 Å². The number of hydrogen-bond donors (Lipinski definition) is 1. The van der Waals surface area contributed by atoms with Gasteiger partial charge in [0.25, 0.3) is 0 Å². The van der Waals surface area contributed by atoms with Gasteiger partial charge in [-0.1, -0.05) is 48.8 Å². The van der Waals surface area contributed by atoms with E-state index >= 15 is 0 Å². The van der Waals surface area contributed by atoms with E-state index in [1.807, 2.05) is 0 Å². The number of hydrogen-bond acceptors (Lipinski definition) is 2. The Labute approximate surface area is 133 Å². The Morgan fingerprint density at radius 2 is 1.80 bits per heavy atom. The van der Waals surface area contributed by atoms with Gasteiger partial charge in [-0.3, -0.25) is 0 Å². The Bertz CT molecular complexity index is 362. The van der Waals surface area contributed by atoms with Gasteiger partial charge in [-0.25, -0.2) is 0 Å². The molecule has 3 heteroatoms. The lowest BCUT2D eigenvalue weighted by atomic mass is 10.0. The molecular weight excluding hydrogens is 312 g/mol. The van der Waals surface area contributed by atoms with Crippen molar-refractivity contribution >= 4 is 15.9 Å². The van der Waals surface area contributed by atoms with Crippen LogP contribution in [0.5, 0.6) is 0 Å². The quantitative estimate of drug-likeness (QED) is 0.668. The van der Waals surface area contributed by atoms with Crippen molar-refractivity contribution in [2.24, 2.45) is 0 Å². The smallest absolute Gasteiger partial charge is 0.0332 e. The van der Waals surface area contributed by atoms with E-state index in [2.05, 4.69) is 71.2 Å². The standard InChI is InChI=1S/C17H29BrN2/c1-4-11-20(12-5-2)13-10-17(19-6-3)15-8-7-9-16(18)14-15/h7-9,14,17,19H,4-6,10-13H2,1-3H3. The first kappa shape index (κ1) is 17.7. The number of nitrogens with zero attached hydrogens (tertiary/aromatic N) is 1. The zero-order valence-electron chi connectivity index (χ0n) is 13.2. The van der Waals surface area contributed by atoms with Gasteiger partial charge in [0.15, 0.2) is 0 Å². The molecule has 0 saturated carbocycles. The summed E-state index contributed by atoms with van der Waals surface area (Å²) in [5.74, 6) is 0. The highest BCUT2D eigenvalue weighted by atomic mass is 79.9. The molecule has 0 radical (unpaired) electrons. The minimum atomic E-state index is 0.453. The minimum absolute atomic E-state index is 0.453. The van der Waals surface area contributed by atoms with Crippen molar-refractivity contribution < 1.29 is 0 Å². The summed E-state index contributed by atoms with van der Waals surface area (Å²) in [6, 6.07) is 9.13. The van der Waals surface area contributed by atoms with E-state index in [1.165, 1.54) is 44.5 Å². The van der Waals surface area contributed by atoms with Crippen LogP contribution in [-0.4, -0.2) is 31.1 Å². The van der Waals surface area contributed by atoms with Gasteiger partial charge in [-0.15, -0.1) is 0 Å². The molecule has 2 nitrogen and oxygen atoms in total. The third-order valence-electron chi connectivity index (χ3n) is 3.52. The third kappa shape index (κ3) is 6.38. The Morgan fingerprint density at radius 3 is 2.35 bits per heavy atom. The van der Waals surface area contributed by atoms with E-state index in [-0.39, 0.29) is 0 Å². The molecule has 1 unspecified atom stereocenters. The molecule has 0 amide bonds. The molecule has 0 fully saturated rings. The topological polar surface area (TPSA) is 15.3 Å². The molecule has 1 aromatic rings. The van der Waals surface area contributed by atoms with Crippen LogP contribution in [-0.2, 0) is 0 Å². The fourth-order valence-corrected chi connectivity index (χ4v) is 3.05. The predicted octanol–water partition coefficient (Wildman–Crippen LogP) is 4.61. The van der Waals surface area contributed by atoms with E-state index in [4.69, 9.17) is 0 Å². The van der Waals surface area contributed by atoms with Gasteiger partial charge in [0.2, 0.25) is 0 Å². The first-order chi connectivity index (χ1) is 9.71. The molecular formula is C17H29BrN2. The van der Waals surface area contributed by atoms with Gasteiger partial charge in [0, 0.05) is 10.5 Å². The summed E-state index contributed by atoms with van der Waals surface area (Å²) in [6.07, 6.45) is 3.65. The average Bonchev–Trinajstić information content (AvgIpc) is 2.43. The van der Waals surface area contributed by atoms with Crippen molar-refractivity contribution in [3.05, 3.63) is 34.3 Å². The van der Waals surface area contributed by atoms with Crippen LogP contribution in [0.15, 0.2) is 28.7 Å². The van der Waals surface area contributed by atoms with Crippen LogP contribution in [0.1, 0.15) is 51.6 Å². The Hall–Kier alpha value is -0.380. The molecule has 1 N–H and O–H groups in total. The van der Waals surface area contributed by atoms with Crippen LogP contribution >= 0.6 is 15.9 Å². The SMILES string of the molecule is CCCN(CCC)CCC(NCC)c1cccc(Br)c1. The third-order valence-corrected chi connectivity index (χ3v) is 4.01. The van der Waals surface area contributed by atoms with Gasteiger partial charge in [0.1, 0.15) is 0 Å². The second-order valence-electron chi connectivity index (χ2n) is 5.30. The summed E-state index contributed by atoms with van der Waals surface area (Å²) in [4.78, 5) is 2.59. The van der Waals surface area contributed by atoms with Crippen molar-refractivity contribution in [2.45, 2.75) is 46.1 Å². The lowest BCUT2D eigenvalue weighted by Gasteiger charge is -2.25. The molecule has 0 aliphatic carbocycles. The van der Waals surface area contributed by atoms with Crippen molar-refractivity contribution in [2.75, 3.05) is 26.2 Å². The lowest BCUT2D eigenvalue weighted by Crippen LogP contribution is -2.30. The summed E-state index contributed by atoms with van der Waals surface area (Å²) in [7, 11) is 0. The highest BCUT2D eigenvalue weighted by Gasteiger charge is 2.12. The van der Waals surface area contributed by atoms with E-state index in [0.29, 0.717) is 6.04 Å². The van der Waals surface area contributed by atoms with Gasteiger partial charge in [-0.05, 0) is 63.1 Å². The van der Waals surface area contributed by atoms with Crippen molar-refractivity contribution in [3.8, 4) is 0 Å². The molecule has 0 saturated heterocycles. The molecule has 1 atom stereocenters. The Balaban J connectivity index is 2.62. The summed E-state index contributed by atoms with van der Waals surface area (Å²) in [5, 5.41) is 3.62. The van der Waals surface area contributed by atoms with E-state index in [1.54, 1.807) is 0 Å². The van der Waals surface area contributed by atoms with E-state index in [9.17, 15) is 0 Å². The first-order valence-electron chi connectivity index (χ1n) is 7.92. The number of halogens is 1. The van der Waals surface area contributed by atoms with Crippen molar-refractivity contribution in [1.82, 2.24) is 10.2 Å². The largest absolute Gasteiger partial charge is 0.310 e. The average molecular weight is 341 g/mol. The summed E-state index contributed by atoms with van der Waals surface area (Å²) in [5.41, 5.74) is 1.38. The molecule has 0 aromatic heterocycles. The van der Waals surface area contributed by atoms with Crippen LogP contribution in [0.3, 0.4) is 0 Å². The van der Waals surface area contributed by atoms with Gasteiger partial charge < -0.3 is 10.2 Å². The maximum absolute atomic E-state index is 3.62. The molecule has 0 bridgehead atoms. The lowest BCUT2D eigenvalue weighted by molar-refractivity contribution is 0.257. The maximum Gasteiger partial charge on any atom is 0.0332 e. The van der Waals surface area contributed by atoms with Gasteiger partial charge in [-0.2, -0.15) is 0 Å². The van der Waals surface area contributed by atoms with Crippen LogP contribution in [0.2, 0.25) is 0 Å². The highest BCUT2D eigenvalue weighted by molar-refractivity contribution is 9.10. The Morgan fingerprint density at radius 1 is 1.10 bits per heavy atom. The van der Waals surface area contributed by atoms with Gasteiger partial charge in [0.05, 0.1) is 0 Å². The maximum atomic E-state index is 3.62. The molecule has 20 heavy (non-hydrogen) atoms. The number of rotatable bonds is 10. The zero-order valence-corrected chi connectivity index (χ0v) is 14.7. The number of nitrogens with one attached hydrogen (secondary N) is 1. The zero-order chi connectivity index (χ0) is 14.8. The van der Waals surface area contributed by atoms with Crippen molar-refractivity contribution in [3.63, 3.8) is 0 Å². The molecule has 1 aromatic carbocycles. The monoisotopic (exact) mass is 340 g/mol. The van der Waals surface area contributed by atoms with Gasteiger partial charge >= 0.3 is 0 Å². The van der Waals surface area contributed by atoms with Crippen molar-refractivity contribution in [1.29, 1.82) is 0 Å². The molecule has 0 heterocycles. The fraction of sp³-hybridized carbons (Fsp3) is 0.647. The molecule has 1 rings (SSSR count). The second-order valence-corrected chi connectivity index (χ2v) is 6.21.